The fourth-order valence-electron chi connectivity index (χ4n) is 3.59. The highest BCUT2D eigenvalue weighted by Crippen LogP contribution is 2.27. The minimum Gasteiger partial charge on any atom is -0.345 e. The van der Waals surface area contributed by atoms with E-state index in [0.29, 0.717) is 11.6 Å². The lowest BCUT2D eigenvalue weighted by atomic mass is 9.97. The number of alkyl halides is 2. The molecule has 1 radical (unpaired) electrons. The molecule has 0 atom stereocenters. The lowest BCUT2D eigenvalue weighted by molar-refractivity contribution is 0.0427. The first-order valence-electron chi connectivity index (χ1n) is 11.2. The quantitative estimate of drug-likeness (QED) is 0.410. The number of aryl methyl sites for hydroxylation is 2. The average Bonchev–Trinajstić information content (AvgIpc) is 3.43. The molecule has 1 aromatic carbocycles. The molecule has 0 bridgehead atoms. The van der Waals surface area contributed by atoms with Gasteiger partial charge in [-0.2, -0.15) is 10.1 Å². The van der Waals surface area contributed by atoms with Crippen LogP contribution >= 0.6 is 0 Å². The number of carbonyl (C=O) groups excluding carboxylic acids is 1. The van der Waals surface area contributed by atoms with E-state index in [2.05, 4.69) is 32.5 Å². The third kappa shape index (κ3) is 5.70. The second-order valence-electron chi connectivity index (χ2n) is 9.64. The maximum atomic E-state index is 13.2. The summed E-state index contributed by atoms with van der Waals surface area (Å²) >= 11 is 0. The van der Waals surface area contributed by atoms with Crippen LogP contribution in [0.25, 0.3) is 16.8 Å². The summed E-state index contributed by atoms with van der Waals surface area (Å²) in [7, 11) is 0. The van der Waals surface area contributed by atoms with Crippen LogP contribution in [0.15, 0.2) is 41.3 Å². The van der Waals surface area contributed by atoms with E-state index < -0.39 is 11.8 Å². The smallest absolute Gasteiger partial charge is 0.292 e. The fourth-order valence-corrected chi connectivity index (χ4v) is 3.59. The zero-order valence-corrected chi connectivity index (χ0v) is 20.1. The molecule has 0 unspecified atom stereocenters. The Morgan fingerprint density at radius 3 is 2.66 bits per heavy atom. The number of nitrogens with zero attached hydrogens (tertiary/aromatic N) is 5. The molecule has 0 saturated carbocycles. The predicted molar refractivity (Wildman–Crippen MR) is 126 cm³/mol. The molecule has 0 aliphatic heterocycles. The Labute approximate surface area is 201 Å². The first kappa shape index (κ1) is 24.4. The van der Waals surface area contributed by atoms with Gasteiger partial charge in [-0.1, -0.05) is 38.1 Å². The number of rotatable bonds is 7. The van der Waals surface area contributed by atoms with Crippen molar-refractivity contribution in [2.45, 2.75) is 58.4 Å². The van der Waals surface area contributed by atoms with Crippen molar-refractivity contribution in [2.24, 2.45) is 0 Å². The van der Waals surface area contributed by atoms with Gasteiger partial charge in [-0.25, -0.2) is 18.3 Å². The van der Waals surface area contributed by atoms with Crippen molar-refractivity contribution in [3.05, 3.63) is 72.1 Å². The van der Waals surface area contributed by atoms with Crippen molar-refractivity contribution in [2.75, 3.05) is 0 Å². The minimum atomic E-state index is -2.97. The Kier molecular flexibility index (Phi) is 6.40. The topological polar surface area (TPSA) is 98.2 Å². The molecule has 0 saturated heterocycles. The van der Waals surface area contributed by atoms with Crippen molar-refractivity contribution < 1.29 is 18.1 Å². The number of amides is 1. The summed E-state index contributed by atoms with van der Waals surface area (Å²) in [6.07, 6.45) is 3.01. The number of carbonyl (C=O) groups is 1. The maximum absolute atomic E-state index is 13.2. The highest BCUT2D eigenvalue weighted by atomic mass is 19.3. The molecule has 35 heavy (non-hydrogen) atoms. The molecular formula is C25H27F2N6O2. The van der Waals surface area contributed by atoms with Crippen LogP contribution in [0, 0.1) is 13.8 Å². The number of hydrogen-bond acceptors (Lipinski definition) is 6. The first-order valence-corrected chi connectivity index (χ1v) is 11.2. The lowest BCUT2D eigenvalue weighted by Crippen LogP contribution is -2.24. The predicted octanol–water partition coefficient (Wildman–Crippen LogP) is 4.72. The Bertz CT molecular complexity index is 1360. The van der Waals surface area contributed by atoms with Gasteiger partial charge < -0.3 is 9.84 Å². The first-order chi connectivity index (χ1) is 16.4. The van der Waals surface area contributed by atoms with Crippen molar-refractivity contribution in [3.8, 4) is 11.3 Å². The number of aromatic nitrogens is 5. The number of hydrogen-bond donors (Lipinski definition) is 1. The zero-order valence-electron chi connectivity index (χ0n) is 20.1. The maximum Gasteiger partial charge on any atom is 0.292 e. The Balaban J connectivity index is 1.49. The molecule has 0 spiro atoms. The molecule has 4 aromatic rings. The minimum absolute atomic E-state index is 0.00627. The molecule has 1 N–H and O–H groups in total. The molecule has 4 rings (SSSR count). The lowest BCUT2D eigenvalue weighted by Gasteiger charge is -2.10. The van der Waals surface area contributed by atoms with Crippen LogP contribution in [0.5, 0.6) is 0 Å². The normalized spacial score (nSPS) is 12.3. The molecule has 0 aliphatic carbocycles. The van der Waals surface area contributed by atoms with Crippen LogP contribution in [0.4, 0.5) is 8.78 Å². The van der Waals surface area contributed by atoms with Gasteiger partial charge in [0.25, 0.3) is 11.7 Å². The van der Waals surface area contributed by atoms with Gasteiger partial charge in [-0.05, 0) is 42.2 Å². The van der Waals surface area contributed by atoms with Gasteiger partial charge in [-0.15, -0.1) is 0 Å². The third-order valence-electron chi connectivity index (χ3n) is 5.57. The second-order valence-corrected chi connectivity index (χ2v) is 9.64. The summed E-state index contributed by atoms with van der Waals surface area (Å²) < 4.78 is 33.1. The van der Waals surface area contributed by atoms with Gasteiger partial charge in [0.2, 0.25) is 11.8 Å². The van der Waals surface area contributed by atoms with E-state index in [1.165, 1.54) is 6.33 Å². The Morgan fingerprint density at radius 2 is 2.00 bits per heavy atom. The molecule has 3 aromatic heterocycles. The van der Waals surface area contributed by atoms with Crippen LogP contribution in [0.3, 0.4) is 0 Å². The molecule has 3 heterocycles. The van der Waals surface area contributed by atoms with E-state index in [1.807, 2.05) is 52.0 Å². The zero-order chi connectivity index (χ0) is 25.4. The Morgan fingerprint density at radius 1 is 1.23 bits per heavy atom. The highest BCUT2D eigenvalue weighted by molar-refractivity contribution is 5.90. The number of halogens is 2. The van der Waals surface area contributed by atoms with E-state index >= 15 is 0 Å². The summed E-state index contributed by atoms with van der Waals surface area (Å²) in [6.45, 7) is 10.9. The molecule has 8 nitrogen and oxygen atoms in total. The Hall–Kier alpha value is -3.69. The van der Waals surface area contributed by atoms with Crippen LogP contribution in [-0.4, -0.2) is 36.6 Å². The molecular weight excluding hydrogens is 454 g/mol. The van der Waals surface area contributed by atoms with E-state index in [0.717, 1.165) is 27.8 Å². The largest absolute Gasteiger partial charge is 0.345 e. The van der Waals surface area contributed by atoms with Crippen LogP contribution in [0.1, 0.15) is 60.4 Å². The molecule has 10 heteroatoms. The number of nitrogens with one attached hydrogen (secondary N) is 1. The van der Waals surface area contributed by atoms with Crippen LogP contribution in [-0.2, 0) is 18.4 Å². The van der Waals surface area contributed by atoms with Gasteiger partial charge in [0.05, 0.1) is 11.2 Å². The van der Waals surface area contributed by atoms with Gasteiger partial charge >= 0.3 is 0 Å². The van der Waals surface area contributed by atoms with E-state index in [-0.39, 0.29) is 30.6 Å². The van der Waals surface area contributed by atoms with Crippen molar-refractivity contribution in [1.82, 2.24) is 30.1 Å². The van der Waals surface area contributed by atoms with E-state index in [1.54, 1.807) is 10.7 Å². The highest BCUT2D eigenvalue weighted by Gasteiger charge is 2.24. The summed E-state index contributed by atoms with van der Waals surface area (Å²) in [5, 5.41) is 10.8. The number of benzene rings is 1. The molecule has 0 aliphatic rings. The van der Waals surface area contributed by atoms with Gasteiger partial charge in [0.15, 0.2) is 0 Å². The monoisotopic (exact) mass is 481 g/mol. The van der Waals surface area contributed by atoms with Crippen LogP contribution in [0.2, 0.25) is 0 Å². The van der Waals surface area contributed by atoms with E-state index in [9.17, 15) is 13.6 Å². The second kappa shape index (κ2) is 9.16. The van der Waals surface area contributed by atoms with Gasteiger partial charge in [0.1, 0.15) is 6.33 Å². The van der Waals surface area contributed by atoms with Crippen molar-refractivity contribution >= 4 is 11.4 Å². The number of fused-ring (bicyclic) bond motifs is 1. The molecule has 0 fully saturated rings. The third-order valence-corrected chi connectivity index (χ3v) is 5.57. The van der Waals surface area contributed by atoms with Crippen LogP contribution < -0.4 is 5.32 Å². The molecule has 1 amide bonds. The standard InChI is InChI=1S/C25H27F2N6O2/c1-15-10-17(20-19-11-16(8-9-25(5,26)27)13-33(19)30-14-29-20)6-7-18(15)12-28-22(34)21-31-23(35-32-21)24(2,3)4/h6-7,10-11,13-14H,5,8-9,12H2,1-4H3,(H,28,34). The molecule has 183 valence electrons. The summed E-state index contributed by atoms with van der Waals surface area (Å²) in [5.41, 5.74) is 4.53. The van der Waals surface area contributed by atoms with E-state index in [4.69, 9.17) is 4.52 Å². The SMILES string of the molecule is [CH2]C(F)(F)CCc1cc2c(-c3ccc(CNC(=O)c4noc(C(C)(C)C)n4)c(C)c3)ncnn2c1. The fraction of sp³-hybridized carbons (Fsp3) is 0.360. The average molecular weight is 482 g/mol. The summed E-state index contributed by atoms with van der Waals surface area (Å²) in [6, 6.07) is 7.60. The summed E-state index contributed by atoms with van der Waals surface area (Å²) in [4.78, 5) is 21.0. The van der Waals surface area contributed by atoms with Gasteiger partial charge in [-0.3, -0.25) is 4.79 Å². The van der Waals surface area contributed by atoms with Crippen molar-refractivity contribution in [1.29, 1.82) is 0 Å². The summed E-state index contributed by atoms with van der Waals surface area (Å²) in [5.74, 6) is -3.00. The van der Waals surface area contributed by atoms with Gasteiger partial charge in [0, 0.05) is 37.1 Å². The van der Waals surface area contributed by atoms with Crippen molar-refractivity contribution in [3.63, 3.8) is 0 Å².